The van der Waals surface area contributed by atoms with Gasteiger partial charge in [-0.25, -0.2) is 0 Å². The van der Waals surface area contributed by atoms with Crippen LogP contribution in [-0.2, 0) is 10.2 Å². The van der Waals surface area contributed by atoms with Crippen molar-refractivity contribution in [2.24, 2.45) is 4.99 Å². The molecule has 29 heavy (non-hydrogen) atoms. The topological polar surface area (TPSA) is 67.4 Å². The Morgan fingerprint density at radius 2 is 1.83 bits per heavy atom. The minimum Gasteiger partial charge on any atom is -0.486 e. The molecule has 162 valence electrons. The molecule has 2 aliphatic heterocycles. The van der Waals surface area contributed by atoms with Gasteiger partial charge in [-0.2, -0.15) is 0 Å². The van der Waals surface area contributed by atoms with Crippen LogP contribution in [0.2, 0.25) is 0 Å². The first-order valence-electron chi connectivity index (χ1n) is 10.8. The highest BCUT2D eigenvalue weighted by molar-refractivity contribution is 5.79. The van der Waals surface area contributed by atoms with Crippen LogP contribution < -0.4 is 20.1 Å². The van der Waals surface area contributed by atoms with Crippen molar-refractivity contribution in [1.29, 1.82) is 0 Å². The molecule has 0 spiro atoms. The summed E-state index contributed by atoms with van der Waals surface area (Å²) in [6, 6.07) is 6.21. The molecule has 0 aromatic heterocycles. The zero-order chi connectivity index (χ0) is 20.5. The Bertz CT molecular complexity index is 672. The summed E-state index contributed by atoms with van der Waals surface area (Å²) in [7, 11) is 0. The maximum atomic E-state index is 5.74. The number of aliphatic imine (C=N–C) groups is 1. The van der Waals surface area contributed by atoms with Crippen LogP contribution in [0.5, 0.6) is 11.5 Å². The number of ether oxygens (including phenoxy) is 3. The van der Waals surface area contributed by atoms with E-state index in [1.54, 1.807) is 0 Å². The average molecular weight is 405 g/mol. The number of benzene rings is 1. The molecule has 7 nitrogen and oxygen atoms in total. The summed E-state index contributed by atoms with van der Waals surface area (Å²) in [6.45, 7) is 15.1. The zero-order valence-corrected chi connectivity index (χ0v) is 18.1. The smallest absolute Gasteiger partial charge is 0.191 e. The molecule has 2 N–H and O–H groups in total. The monoisotopic (exact) mass is 404 g/mol. The Kier molecular flexibility index (Phi) is 8.00. The summed E-state index contributed by atoms with van der Waals surface area (Å²) in [6.07, 6.45) is 1.09. The van der Waals surface area contributed by atoms with Crippen LogP contribution >= 0.6 is 0 Å². The second kappa shape index (κ2) is 10.7. The first-order valence-corrected chi connectivity index (χ1v) is 10.8. The number of nitrogens with zero attached hydrogens (tertiary/aromatic N) is 2. The van der Waals surface area contributed by atoms with Crippen LogP contribution in [0, 0.1) is 0 Å². The minimum atomic E-state index is -0.105. The molecule has 0 radical (unpaired) electrons. The molecule has 0 aliphatic carbocycles. The molecule has 2 aliphatic rings. The van der Waals surface area contributed by atoms with Crippen molar-refractivity contribution in [1.82, 2.24) is 15.5 Å². The van der Waals surface area contributed by atoms with E-state index in [-0.39, 0.29) is 5.41 Å². The first kappa shape index (κ1) is 21.7. The molecule has 0 amide bonds. The molecule has 7 heteroatoms. The molecule has 1 aromatic carbocycles. The number of morpholine rings is 1. The molecule has 0 atom stereocenters. The van der Waals surface area contributed by atoms with Crippen molar-refractivity contribution in [3.63, 3.8) is 0 Å². The largest absolute Gasteiger partial charge is 0.486 e. The highest BCUT2D eigenvalue weighted by Gasteiger charge is 2.23. The minimum absolute atomic E-state index is 0.105. The van der Waals surface area contributed by atoms with Crippen LogP contribution in [0.25, 0.3) is 0 Å². The second-order valence-electron chi connectivity index (χ2n) is 8.17. The lowest BCUT2D eigenvalue weighted by molar-refractivity contribution is 0.0376. The van der Waals surface area contributed by atoms with E-state index < -0.39 is 0 Å². The number of fused-ring (bicyclic) bond motifs is 1. The van der Waals surface area contributed by atoms with Crippen molar-refractivity contribution >= 4 is 5.96 Å². The quantitative estimate of drug-likeness (QED) is 0.393. The second-order valence-corrected chi connectivity index (χ2v) is 8.17. The first-order chi connectivity index (χ1) is 14.1. The Morgan fingerprint density at radius 1 is 1.07 bits per heavy atom. The molecule has 0 saturated carbocycles. The highest BCUT2D eigenvalue weighted by Crippen LogP contribution is 2.35. The Balaban J connectivity index is 1.52. The fourth-order valence-corrected chi connectivity index (χ4v) is 3.51. The van der Waals surface area contributed by atoms with Gasteiger partial charge in [0.2, 0.25) is 0 Å². The zero-order valence-electron chi connectivity index (χ0n) is 18.1. The lowest BCUT2D eigenvalue weighted by atomic mass is 9.84. The van der Waals surface area contributed by atoms with E-state index in [9.17, 15) is 0 Å². The SMILES string of the molecule is CCNC(=NCC(C)(C)c1ccc2c(c1)OCCO2)NCCCN1CCOCC1. The third-order valence-corrected chi connectivity index (χ3v) is 5.35. The molecule has 1 fully saturated rings. The summed E-state index contributed by atoms with van der Waals surface area (Å²) < 4.78 is 16.8. The summed E-state index contributed by atoms with van der Waals surface area (Å²) in [4.78, 5) is 7.31. The van der Waals surface area contributed by atoms with Gasteiger partial charge in [0.1, 0.15) is 13.2 Å². The van der Waals surface area contributed by atoms with Gasteiger partial charge in [0.05, 0.1) is 19.8 Å². The molecular formula is C22H36N4O3. The maximum Gasteiger partial charge on any atom is 0.191 e. The molecule has 2 heterocycles. The van der Waals surface area contributed by atoms with Crippen LogP contribution in [0.3, 0.4) is 0 Å². The Hall–Kier alpha value is -1.99. The van der Waals surface area contributed by atoms with Gasteiger partial charge >= 0.3 is 0 Å². The van der Waals surface area contributed by atoms with Gasteiger partial charge in [-0.1, -0.05) is 19.9 Å². The van der Waals surface area contributed by atoms with Gasteiger partial charge in [-0.3, -0.25) is 9.89 Å². The summed E-state index contributed by atoms with van der Waals surface area (Å²) in [5.41, 5.74) is 1.10. The van der Waals surface area contributed by atoms with Gasteiger partial charge < -0.3 is 24.8 Å². The normalized spacial score (nSPS) is 17.8. The van der Waals surface area contributed by atoms with Gasteiger partial charge in [0.15, 0.2) is 17.5 Å². The van der Waals surface area contributed by atoms with E-state index in [1.165, 1.54) is 5.56 Å². The Morgan fingerprint density at radius 3 is 2.59 bits per heavy atom. The maximum absolute atomic E-state index is 5.74. The molecule has 1 saturated heterocycles. The average Bonchev–Trinajstić information content (AvgIpc) is 2.75. The van der Waals surface area contributed by atoms with E-state index in [0.717, 1.165) is 69.8 Å². The van der Waals surface area contributed by atoms with Gasteiger partial charge in [-0.05, 0) is 37.6 Å². The fraction of sp³-hybridized carbons (Fsp3) is 0.682. The van der Waals surface area contributed by atoms with E-state index in [0.29, 0.717) is 19.8 Å². The predicted molar refractivity (Wildman–Crippen MR) is 116 cm³/mol. The Labute approximate surface area is 174 Å². The van der Waals surface area contributed by atoms with Crippen LogP contribution in [0.4, 0.5) is 0 Å². The number of hydrogen-bond donors (Lipinski definition) is 2. The van der Waals surface area contributed by atoms with Gasteiger partial charge in [0.25, 0.3) is 0 Å². The predicted octanol–water partition coefficient (Wildman–Crippen LogP) is 2.01. The fourth-order valence-electron chi connectivity index (χ4n) is 3.51. The van der Waals surface area contributed by atoms with Crippen molar-refractivity contribution in [2.45, 2.75) is 32.6 Å². The van der Waals surface area contributed by atoms with Crippen molar-refractivity contribution in [3.05, 3.63) is 23.8 Å². The lowest BCUT2D eigenvalue weighted by Crippen LogP contribution is -2.41. The molecule has 1 aromatic rings. The van der Waals surface area contributed by atoms with Crippen LogP contribution in [0.1, 0.15) is 32.8 Å². The number of guanidine groups is 1. The number of rotatable bonds is 8. The van der Waals surface area contributed by atoms with E-state index >= 15 is 0 Å². The highest BCUT2D eigenvalue weighted by atomic mass is 16.6. The summed E-state index contributed by atoms with van der Waals surface area (Å²) >= 11 is 0. The molecule has 0 unspecified atom stereocenters. The summed E-state index contributed by atoms with van der Waals surface area (Å²) in [5.74, 6) is 2.54. The summed E-state index contributed by atoms with van der Waals surface area (Å²) in [5, 5.41) is 6.83. The van der Waals surface area contributed by atoms with E-state index in [4.69, 9.17) is 19.2 Å². The van der Waals surface area contributed by atoms with Crippen LogP contribution in [0.15, 0.2) is 23.2 Å². The lowest BCUT2D eigenvalue weighted by Gasteiger charge is -2.27. The van der Waals surface area contributed by atoms with Crippen molar-refractivity contribution in [2.75, 3.05) is 65.7 Å². The molecular weight excluding hydrogens is 368 g/mol. The molecule has 3 rings (SSSR count). The van der Waals surface area contributed by atoms with Crippen LogP contribution in [-0.4, -0.2) is 76.6 Å². The standard InChI is InChI=1S/C22H36N4O3/c1-4-23-21(24-8-5-9-26-10-12-27-13-11-26)25-17-22(2,3)18-6-7-19-20(16-18)29-15-14-28-19/h6-7,16H,4-5,8-15,17H2,1-3H3,(H2,23,24,25). The molecule has 0 bridgehead atoms. The van der Waals surface area contributed by atoms with Crippen molar-refractivity contribution < 1.29 is 14.2 Å². The van der Waals surface area contributed by atoms with Gasteiger partial charge in [-0.15, -0.1) is 0 Å². The third-order valence-electron chi connectivity index (χ3n) is 5.35. The third kappa shape index (κ3) is 6.51. The number of hydrogen-bond acceptors (Lipinski definition) is 5. The number of nitrogens with one attached hydrogen (secondary N) is 2. The van der Waals surface area contributed by atoms with E-state index in [2.05, 4.69) is 48.4 Å². The van der Waals surface area contributed by atoms with Crippen molar-refractivity contribution in [3.8, 4) is 11.5 Å². The van der Waals surface area contributed by atoms with E-state index in [1.807, 2.05) is 6.07 Å². The van der Waals surface area contributed by atoms with Gasteiger partial charge in [0, 0.05) is 31.6 Å².